The Kier molecular flexibility index (Phi) is 3.76. The summed E-state index contributed by atoms with van der Waals surface area (Å²) in [4.78, 5) is 12.6. The molecule has 0 unspecified atom stereocenters. The van der Waals surface area contributed by atoms with Crippen molar-refractivity contribution in [2.45, 2.75) is 0 Å². The van der Waals surface area contributed by atoms with Crippen LogP contribution in [0.1, 0.15) is 15.9 Å². The van der Waals surface area contributed by atoms with E-state index in [1.54, 1.807) is 30.3 Å². The molecule has 0 spiro atoms. The van der Waals surface area contributed by atoms with Gasteiger partial charge in [-0.25, -0.2) is 0 Å². The minimum absolute atomic E-state index is 0.110. The van der Waals surface area contributed by atoms with Crippen molar-refractivity contribution in [1.29, 1.82) is 0 Å². The molecule has 1 heterocycles. The van der Waals surface area contributed by atoms with Gasteiger partial charge < -0.3 is 16.0 Å². The molecule has 2 aromatic rings. The first-order chi connectivity index (χ1) is 10.7. The van der Waals surface area contributed by atoms with Crippen LogP contribution in [0.2, 0.25) is 0 Å². The highest BCUT2D eigenvalue weighted by atomic mass is 16.5. The van der Waals surface area contributed by atoms with Gasteiger partial charge in [-0.05, 0) is 5.56 Å². The average molecular weight is 291 g/mol. The molecule has 2 aromatic carbocycles. The standard InChI is InChI=1S/C18H15N2O2/c19-16-15(18(21)14-9-5-2-6-10-14)11-12-20(22)17(16)13-7-3-1-4-8-13/h1-11H,12,19H2/q-1. The second-order valence-corrected chi connectivity index (χ2v) is 5.00. The van der Waals surface area contributed by atoms with Gasteiger partial charge in [0.1, 0.15) is 0 Å². The van der Waals surface area contributed by atoms with Gasteiger partial charge in [-0.15, -0.1) is 0 Å². The molecule has 0 radical (unpaired) electrons. The normalized spacial score (nSPS) is 14.8. The summed E-state index contributed by atoms with van der Waals surface area (Å²) in [6.07, 6.45) is 1.59. The number of carbonyl (C=O) groups is 1. The largest absolute Gasteiger partial charge is 0.758 e. The maximum atomic E-state index is 12.6. The fourth-order valence-corrected chi connectivity index (χ4v) is 2.49. The number of nitrogens with two attached hydrogens (primary N) is 1. The van der Waals surface area contributed by atoms with Gasteiger partial charge in [0.15, 0.2) is 5.78 Å². The van der Waals surface area contributed by atoms with E-state index < -0.39 is 0 Å². The number of ketones is 1. The Balaban J connectivity index is 2.04. The van der Waals surface area contributed by atoms with E-state index in [0.29, 0.717) is 22.4 Å². The summed E-state index contributed by atoms with van der Waals surface area (Å²) in [5, 5.41) is 12.9. The molecule has 110 valence electrons. The minimum atomic E-state index is -0.167. The highest BCUT2D eigenvalue weighted by molar-refractivity contribution is 6.12. The predicted molar refractivity (Wildman–Crippen MR) is 86.5 cm³/mol. The van der Waals surface area contributed by atoms with Crippen molar-refractivity contribution in [3.8, 4) is 0 Å². The molecule has 0 atom stereocenters. The topological polar surface area (TPSA) is 69.4 Å². The number of rotatable bonds is 3. The van der Waals surface area contributed by atoms with Crippen LogP contribution in [0.5, 0.6) is 0 Å². The molecule has 0 bridgehead atoms. The van der Waals surface area contributed by atoms with Crippen LogP contribution in [0.15, 0.2) is 78.0 Å². The van der Waals surface area contributed by atoms with Crippen molar-refractivity contribution < 1.29 is 4.79 Å². The summed E-state index contributed by atoms with van der Waals surface area (Å²) >= 11 is 0. The molecule has 4 nitrogen and oxygen atoms in total. The molecule has 3 rings (SSSR count). The summed E-state index contributed by atoms with van der Waals surface area (Å²) in [6, 6.07) is 18.1. The Bertz CT molecular complexity index is 749. The van der Waals surface area contributed by atoms with Gasteiger partial charge >= 0.3 is 0 Å². The Morgan fingerprint density at radius 3 is 2.23 bits per heavy atom. The number of nitrogens with zero attached hydrogens (tertiary/aromatic N) is 1. The van der Waals surface area contributed by atoms with E-state index in [1.165, 1.54) is 0 Å². The third kappa shape index (κ3) is 2.52. The average Bonchev–Trinajstić information content (AvgIpc) is 2.56. The number of carbonyl (C=O) groups excluding carboxylic acids is 1. The lowest BCUT2D eigenvalue weighted by molar-refractivity contribution is 0.103. The third-order valence-corrected chi connectivity index (χ3v) is 3.58. The zero-order valence-corrected chi connectivity index (χ0v) is 11.9. The van der Waals surface area contributed by atoms with Gasteiger partial charge in [0.05, 0.1) is 11.4 Å². The number of Topliss-reactive ketones (excluding diaryl/α,β-unsaturated/α-hetero) is 1. The Labute approximate surface area is 128 Å². The van der Waals surface area contributed by atoms with Crippen LogP contribution in [-0.2, 0) is 0 Å². The van der Waals surface area contributed by atoms with Gasteiger partial charge in [0.25, 0.3) is 0 Å². The first-order valence-corrected chi connectivity index (χ1v) is 6.98. The Morgan fingerprint density at radius 2 is 1.59 bits per heavy atom. The van der Waals surface area contributed by atoms with E-state index in [9.17, 15) is 10.0 Å². The second-order valence-electron chi connectivity index (χ2n) is 5.00. The predicted octanol–water partition coefficient (Wildman–Crippen LogP) is 2.94. The zero-order valence-electron chi connectivity index (χ0n) is 11.9. The van der Waals surface area contributed by atoms with Crippen molar-refractivity contribution in [1.82, 2.24) is 5.06 Å². The van der Waals surface area contributed by atoms with Crippen LogP contribution in [-0.4, -0.2) is 17.4 Å². The molecule has 4 heteroatoms. The molecule has 0 aromatic heterocycles. The van der Waals surface area contributed by atoms with Crippen molar-refractivity contribution >= 4 is 11.5 Å². The van der Waals surface area contributed by atoms with Crippen LogP contribution in [0.4, 0.5) is 0 Å². The van der Waals surface area contributed by atoms with Gasteiger partial charge in [-0.1, -0.05) is 66.7 Å². The van der Waals surface area contributed by atoms with E-state index in [-0.39, 0.29) is 18.0 Å². The molecular weight excluding hydrogens is 276 g/mol. The van der Waals surface area contributed by atoms with E-state index in [2.05, 4.69) is 0 Å². The van der Waals surface area contributed by atoms with E-state index in [1.807, 2.05) is 36.4 Å². The molecule has 0 saturated carbocycles. The summed E-state index contributed by atoms with van der Waals surface area (Å²) < 4.78 is 0. The smallest absolute Gasteiger partial charge is 0.194 e. The lowest BCUT2D eigenvalue weighted by Gasteiger charge is -2.37. The van der Waals surface area contributed by atoms with Crippen molar-refractivity contribution in [2.24, 2.45) is 5.73 Å². The molecule has 0 fully saturated rings. The summed E-state index contributed by atoms with van der Waals surface area (Å²) in [6.45, 7) is 0.110. The maximum Gasteiger partial charge on any atom is 0.194 e. The molecule has 1 aliphatic heterocycles. The molecule has 1 aliphatic rings. The highest BCUT2D eigenvalue weighted by Gasteiger charge is 2.22. The van der Waals surface area contributed by atoms with Crippen molar-refractivity contribution in [3.63, 3.8) is 0 Å². The number of hydroxylamine groups is 2. The summed E-state index contributed by atoms with van der Waals surface area (Å²) in [5.74, 6) is -0.167. The first-order valence-electron chi connectivity index (χ1n) is 6.98. The molecule has 2 N–H and O–H groups in total. The second kappa shape index (κ2) is 5.87. The fourth-order valence-electron chi connectivity index (χ4n) is 2.49. The molecule has 0 amide bonds. The van der Waals surface area contributed by atoms with Crippen LogP contribution in [0, 0.1) is 5.21 Å². The van der Waals surface area contributed by atoms with Gasteiger partial charge in [0, 0.05) is 17.7 Å². The van der Waals surface area contributed by atoms with Crippen LogP contribution in [0.25, 0.3) is 5.70 Å². The van der Waals surface area contributed by atoms with Gasteiger partial charge in [-0.2, -0.15) is 0 Å². The molecule has 22 heavy (non-hydrogen) atoms. The lowest BCUT2D eigenvalue weighted by atomic mass is 9.95. The molecule has 0 aliphatic carbocycles. The number of hydrogen-bond donors (Lipinski definition) is 1. The molecule has 0 saturated heterocycles. The fraction of sp³-hybridized carbons (Fsp3) is 0.0556. The number of allylic oxidation sites excluding steroid dienone is 1. The van der Waals surface area contributed by atoms with Crippen LogP contribution < -0.4 is 5.73 Å². The quantitative estimate of drug-likeness (QED) is 0.883. The van der Waals surface area contributed by atoms with Crippen LogP contribution >= 0.6 is 0 Å². The SMILES string of the molecule is NC1=C(c2ccccc2)N([O-])CC=C1C(=O)c1ccccc1. The van der Waals surface area contributed by atoms with Gasteiger partial charge in [0.2, 0.25) is 0 Å². The van der Waals surface area contributed by atoms with Gasteiger partial charge in [-0.3, -0.25) is 4.79 Å². The summed E-state index contributed by atoms with van der Waals surface area (Å²) in [5.41, 5.74) is 8.36. The maximum absolute atomic E-state index is 12.6. The zero-order chi connectivity index (χ0) is 15.5. The number of hydrogen-bond acceptors (Lipinski definition) is 4. The van der Waals surface area contributed by atoms with E-state index >= 15 is 0 Å². The highest BCUT2D eigenvalue weighted by Crippen LogP contribution is 2.29. The monoisotopic (exact) mass is 291 g/mol. The molecular formula is C18H15N2O2-. The van der Waals surface area contributed by atoms with E-state index in [0.717, 1.165) is 5.06 Å². The van der Waals surface area contributed by atoms with Crippen molar-refractivity contribution in [2.75, 3.05) is 6.54 Å². The Hall–Kier alpha value is -2.85. The lowest BCUT2D eigenvalue weighted by Crippen LogP contribution is -2.27. The summed E-state index contributed by atoms with van der Waals surface area (Å²) in [7, 11) is 0. The van der Waals surface area contributed by atoms with E-state index in [4.69, 9.17) is 5.73 Å². The Morgan fingerprint density at radius 1 is 1.00 bits per heavy atom. The first kappa shape index (κ1) is 14.1. The van der Waals surface area contributed by atoms with Crippen molar-refractivity contribution in [3.05, 3.63) is 94.3 Å². The van der Waals surface area contributed by atoms with Crippen LogP contribution in [0.3, 0.4) is 0 Å². The third-order valence-electron chi connectivity index (χ3n) is 3.58. The minimum Gasteiger partial charge on any atom is -0.758 e. The number of benzene rings is 2.